The van der Waals surface area contributed by atoms with E-state index >= 15 is 0 Å². The third-order valence-corrected chi connectivity index (χ3v) is 4.62. The van der Waals surface area contributed by atoms with Gasteiger partial charge in [-0.05, 0) is 48.2 Å². The maximum atomic E-state index is 4.43. The second kappa shape index (κ2) is 5.53. The molecule has 3 unspecified atom stereocenters. The minimum absolute atomic E-state index is 0.635. The normalized spacial score (nSPS) is 28.8. The van der Waals surface area contributed by atoms with Crippen molar-refractivity contribution in [2.45, 2.75) is 52.1 Å². The topological polar surface area (TPSA) is 29.9 Å². The molecule has 96 valence electrons. The third kappa shape index (κ3) is 2.43. The zero-order valence-electron chi connectivity index (χ0n) is 10.9. The molecule has 1 fully saturated rings. The molecule has 1 aliphatic rings. The number of rotatable bonds is 4. The fourth-order valence-electron chi connectivity index (χ4n) is 3.09. The molecule has 0 aliphatic heterocycles. The van der Waals surface area contributed by atoms with Gasteiger partial charge in [0.25, 0.3) is 0 Å². The Balaban J connectivity index is 2.20. The van der Waals surface area contributed by atoms with Gasteiger partial charge in [-0.1, -0.05) is 13.8 Å². The smallest absolute Gasteiger partial charge is 0.0635 e. The molecule has 0 bridgehead atoms. The molecule has 4 heteroatoms. The molecule has 17 heavy (non-hydrogen) atoms. The highest BCUT2D eigenvalue weighted by atomic mass is 79.9. The second-order valence-electron chi connectivity index (χ2n) is 4.90. The molecule has 0 aromatic carbocycles. The molecular formula is C13H22BrN3. The Labute approximate surface area is 112 Å². The van der Waals surface area contributed by atoms with Gasteiger partial charge in [0.05, 0.1) is 16.4 Å². The number of hydrogen-bond acceptors (Lipinski definition) is 2. The van der Waals surface area contributed by atoms with Crippen molar-refractivity contribution < 1.29 is 0 Å². The molecular weight excluding hydrogens is 278 g/mol. The molecule has 1 aliphatic carbocycles. The first kappa shape index (κ1) is 13.1. The first-order valence-electron chi connectivity index (χ1n) is 6.63. The van der Waals surface area contributed by atoms with Gasteiger partial charge in [-0.25, -0.2) is 0 Å². The van der Waals surface area contributed by atoms with Crippen LogP contribution in [-0.4, -0.2) is 22.4 Å². The summed E-state index contributed by atoms with van der Waals surface area (Å²) in [6.45, 7) is 8.73. The van der Waals surface area contributed by atoms with Crippen molar-refractivity contribution in [2.24, 2.45) is 5.92 Å². The highest BCUT2D eigenvalue weighted by Gasteiger charge is 2.35. The van der Waals surface area contributed by atoms with Crippen LogP contribution in [0.1, 0.15) is 45.2 Å². The van der Waals surface area contributed by atoms with Crippen LogP contribution in [0.3, 0.4) is 0 Å². The highest BCUT2D eigenvalue weighted by molar-refractivity contribution is 9.10. The van der Waals surface area contributed by atoms with Gasteiger partial charge < -0.3 is 5.32 Å². The van der Waals surface area contributed by atoms with Gasteiger partial charge in [-0.15, -0.1) is 0 Å². The average molecular weight is 300 g/mol. The van der Waals surface area contributed by atoms with E-state index in [9.17, 15) is 0 Å². The zero-order valence-corrected chi connectivity index (χ0v) is 12.5. The Morgan fingerprint density at radius 2 is 2.24 bits per heavy atom. The molecule has 1 N–H and O–H groups in total. The monoisotopic (exact) mass is 299 g/mol. The van der Waals surface area contributed by atoms with Gasteiger partial charge >= 0.3 is 0 Å². The lowest BCUT2D eigenvalue weighted by Crippen LogP contribution is -2.32. The van der Waals surface area contributed by atoms with Gasteiger partial charge in [0.15, 0.2) is 0 Å². The summed E-state index contributed by atoms with van der Waals surface area (Å²) in [5, 5.41) is 8.03. The summed E-state index contributed by atoms with van der Waals surface area (Å²) in [7, 11) is 0. The van der Waals surface area contributed by atoms with Crippen LogP contribution in [0.4, 0.5) is 0 Å². The number of nitrogens with zero attached hydrogens (tertiary/aromatic N) is 2. The van der Waals surface area contributed by atoms with E-state index in [-0.39, 0.29) is 0 Å². The van der Waals surface area contributed by atoms with Crippen molar-refractivity contribution in [2.75, 3.05) is 6.54 Å². The Kier molecular flexibility index (Phi) is 4.26. The fraction of sp³-hybridized carbons (Fsp3) is 0.769. The molecule has 1 aromatic rings. The Morgan fingerprint density at radius 3 is 2.88 bits per heavy atom. The van der Waals surface area contributed by atoms with E-state index in [1.807, 2.05) is 6.20 Å². The van der Waals surface area contributed by atoms with Crippen LogP contribution in [0.15, 0.2) is 10.7 Å². The van der Waals surface area contributed by atoms with E-state index in [1.54, 1.807) is 0 Å². The molecule has 3 atom stereocenters. The predicted molar refractivity (Wildman–Crippen MR) is 74.2 cm³/mol. The van der Waals surface area contributed by atoms with Crippen LogP contribution in [0.25, 0.3) is 0 Å². The van der Waals surface area contributed by atoms with E-state index in [2.05, 4.69) is 51.8 Å². The maximum Gasteiger partial charge on any atom is 0.0635 e. The minimum atomic E-state index is 0.635. The van der Waals surface area contributed by atoms with Crippen LogP contribution >= 0.6 is 15.9 Å². The molecule has 0 radical (unpaired) electrons. The van der Waals surface area contributed by atoms with E-state index in [0.717, 1.165) is 13.1 Å². The lowest BCUT2D eigenvalue weighted by atomic mass is 9.92. The van der Waals surface area contributed by atoms with Crippen molar-refractivity contribution in [3.63, 3.8) is 0 Å². The van der Waals surface area contributed by atoms with Gasteiger partial charge in [-0.3, -0.25) is 4.68 Å². The summed E-state index contributed by atoms with van der Waals surface area (Å²) < 4.78 is 3.31. The SMILES string of the molecule is CCNC1CCC(c2c(Br)cnn2CC)C1C. The molecule has 1 saturated carbocycles. The second-order valence-corrected chi connectivity index (χ2v) is 5.75. The highest BCUT2D eigenvalue weighted by Crippen LogP contribution is 2.42. The van der Waals surface area contributed by atoms with Crippen LogP contribution < -0.4 is 5.32 Å². The summed E-state index contributed by atoms with van der Waals surface area (Å²) in [5.74, 6) is 1.32. The summed E-state index contributed by atoms with van der Waals surface area (Å²) in [6.07, 6.45) is 4.48. The number of hydrogen-bond donors (Lipinski definition) is 1. The molecule has 0 saturated heterocycles. The number of nitrogens with one attached hydrogen (secondary N) is 1. The van der Waals surface area contributed by atoms with Crippen molar-refractivity contribution >= 4 is 15.9 Å². The van der Waals surface area contributed by atoms with Gasteiger partial charge in [0.2, 0.25) is 0 Å². The fourth-order valence-corrected chi connectivity index (χ4v) is 3.68. The zero-order chi connectivity index (χ0) is 12.4. The van der Waals surface area contributed by atoms with E-state index in [0.29, 0.717) is 17.9 Å². The standard InChI is InChI=1S/C13H22BrN3/c1-4-15-12-7-6-10(9(12)3)13-11(14)8-16-17(13)5-2/h8-10,12,15H,4-7H2,1-3H3. The summed E-state index contributed by atoms with van der Waals surface area (Å²) in [6, 6.07) is 0.664. The number of aromatic nitrogens is 2. The maximum absolute atomic E-state index is 4.43. The van der Waals surface area contributed by atoms with Crippen molar-refractivity contribution in [1.82, 2.24) is 15.1 Å². The first-order valence-corrected chi connectivity index (χ1v) is 7.42. The first-order chi connectivity index (χ1) is 8.19. The Bertz CT molecular complexity index is 375. The van der Waals surface area contributed by atoms with E-state index in [1.165, 1.54) is 23.0 Å². The summed E-state index contributed by atoms with van der Waals surface area (Å²) in [5.41, 5.74) is 1.39. The average Bonchev–Trinajstić information content (AvgIpc) is 2.84. The van der Waals surface area contributed by atoms with E-state index in [4.69, 9.17) is 0 Å². The molecule has 1 aromatic heterocycles. The largest absolute Gasteiger partial charge is 0.314 e. The number of aryl methyl sites for hydroxylation is 1. The minimum Gasteiger partial charge on any atom is -0.314 e. The third-order valence-electron chi connectivity index (χ3n) is 4.01. The van der Waals surface area contributed by atoms with E-state index < -0.39 is 0 Å². The molecule has 3 nitrogen and oxygen atoms in total. The predicted octanol–water partition coefficient (Wildman–Crippen LogP) is 3.16. The lowest BCUT2D eigenvalue weighted by Gasteiger charge is -2.22. The van der Waals surface area contributed by atoms with Gasteiger partial charge in [-0.2, -0.15) is 5.10 Å². The molecule has 0 spiro atoms. The van der Waals surface area contributed by atoms with Crippen molar-refractivity contribution in [3.05, 3.63) is 16.4 Å². The summed E-state index contributed by atoms with van der Waals surface area (Å²) in [4.78, 5) is 0. The lowest BCUT2D eigenvalue weighted by molar-refractivity contribution is 0.398. The van der Waals surface area contributed by atoms with Crippen LogP contribution in [-0.2, 0) is 6.54 Å². The quantitative estimate of drug-likeness (QED) is 0.925. The van der Waals surface area contributed by atoms with Crippen molar-refractivity contribution in [1.29, 1.82) is 0 Å². The van der Waals surface area contributed by atoms with Gasteiger partial charge in [0.1, 0.15) is 0 Å². The number of halogens is 1. The van der Waals surface area contributed by atoms with Crippen molar-refractivity contribution in [3.8, 4) is 0 Å². The Hall–Kier alpha value is -0.350. The molecule has 2 rings (SSSR count). The van der Waals surface area contributed by atoms with Crippen LogP contribution in [0.2, 0.25) is 0 Å². The van der Waals surface area contributed by atoms with Crippen LogP contribution in [0, 0.1) is 5.92 Å². The Morgan fingerprint density at radius 1 is 1.47 bits per heavy atom. The van der Waals surface area contributed by atoms with Gasteiger partial charge in [0, 0.05) is 18.5 Å². The molecule has 0 amide bonds. The summed E-state index contributed by atoms with van der Waals surface area (Å²) >= 11 is 3.65. The van der Waals surface area contributed by atoms with Crippen LogP contribution in [0.5, 0.6) is 0 Å². The molecule has 1 heterocycles.